The van der Waals surface area contributed by atoms with Crippen molar-refractivity contribution in [3.63, 3.8) is 0 Å². The van der Waals surface area contributed by atoms with Gasteiger partial charge in [-0.25, -0.2) is 0 Å². The van der Waals surface area contributed by atoms with Gasteiger partial charge in [0.05, 0.1) is 5.69 Å². The lowest BCUT2D eigenvalue weighted by molar-refractivity contribution is 0.987. The molecule has 3 aromatic rings. The number of rotatable bonds is 2. The van der Waals surface area contributed by atoms with E-state index in [2.05, 4.69) is 28.1 Å². The highest BCUT2D eigenvalue weighted by Gasteiger charge is 2.08. The Morgan fingerprint density at radius 2 is 1.60 bits per heavy atom. The van der Waals surface area contributed by atoms with Gasteiger partial charge >= 0.3 is 0 Å². The van der Waals surface area contributed by atoms with Crippen molar-refractivity contribution in [1.82, 2.24) is 4.57 Å². The second-order valence-electron chi connectivity index (χ2n) is 4.10. The molecule has 102 valence electrons. The summed E-state index contributed by atoms with van der Waals surface area (Å²) in [5, 5.41) is 10.1. The van der Waals surface area contributed by atoms with Gasteiger partial charge in [-0.3, -0.25) is 9.98 Å². The maximum Gasteiger partial charge on any atom is 0.187 e. The van der Waals surface area contributed by atoms with E-state index in [1.807, 2.05) is 52.4 Å². The molecule has 0 aliphatic rings. The van der Waals surface area contributed by atoms with Gasteiger partial charge in [-0.1, -0.05) is 46.3 Å². The summed E-state index contributed by atoms with van der Waals surface area (Å²) < 4.78 is 3.03. The molecule has 20 heavy (non-hydrogen) atoms. The van der Waals surface area contributed by atoms with Crippen LogP contribution in [0.25, 0.3) is 16.9 Å². The van der Waals surface area contributed by atoms with Crippen LogP contribution in [0.2, 0.25) is 0 Å². The summed E-state index contributed by atoms with van der Waals surface area (Å²) >= 11 is 4.89. The minimum Gasteiger partial charge on any atom is -0.286 e. The summed E-state index contributed by atoms with van der Waals surface area (Å²) in [6.07, 6.45) is 0. The number of aromatic nitrogens is 1. The minimum atomic E-state index is 0. The van der Waals surface area contributed by atoms with E-state index in [4.69, 9.17) is 5.41 Å². The second-order valence-corrected chi connectivity index (χ2v) is 5.88. The van der Waals surface area contributed by atoms with E-state index >= 15 is 0 Å². The Morgan fingerprint density at radius 1 is 0.950 bits per heavy atom. The van der Waals surface area contributed by atoms with Gasteiger partial charge in [0.25, 0.3) is 0 Å². The van der Waals surface area contributed by atoms with Crippen molar-refractivity contribution in [3.8, 4) is 16.9 Å². The van der Waals surface area contributed by atoms with Crippen LogP contribution < -0.4 is 4.80 Å². The zero-order chi connectivity index (χ0) is 13.2. The van der Waals surface area contributed by atoms with Crippen LogP contribution >= 0.6 is 39.7 Å². The van der Waals surface area contributed by atoms with Gasteiger partial charge in [0, 0.05) is 15.5 Å². The highest BCUT2D eigenvalue weighted by atomic mass is 79.9. The number of hydrogen-bond donors (Lipinski definition) is 1. The van der Waals surface area contributed by atoms with Crippen molar-refractivity contribution < 1.29 is 0 Å². The number of nitrogens with zero attached hydrogens (tertiary/aromatic N) is 1. The number of benzene rings is 2. The fourth-order valence-corrected chi connectivity index (χ4v) is 3.02. The fourth-order valence-electron chi connectivity index (χ4n) is 1.98. The molecule has 0 fully saturated rings. The smallest absolute Gasteiger partial charge is 0.187 e. The Hall–Kier alpha value is -1.36. The van der Waals surface area contributed by atoms with Crippen LogP contribution in [0.4, 0.5) is 0 Å². The molecule has 5 heteroatoms. The van der Waals surface area contributed by atoms with E-state index in [1.165, 1.54) is 11.3 Å². The standard InChI is InChI=1S/C15H11BrN2S.ClH/c16-12-8-6-11(7-9-12)14-10-19-15(17)18(14)13-4-2-1-3-5-13;/h1-10,17H;1H. The largest absolute Gasteiger partial charge is 0.286 e. The zero-order valence-corrected chi connectivity index (χ0v) is 13.6. The molecule has 0 bridgehead atoms. The first kappa shape index (κ1) is 15.0. The molecule has 0 atom stereocenters. The van der Waals surface area contributed by atoms with Crippen LogP contribution in [0.3, 0.4) is 0 Å². The Kier molecular flexibility index (Phi) is 4.81. The molecule has 0 saturated heterocycles. The average Bonchev–Trinajstić information content (AvgIpc) is 2.82. The Balaban J connectivity index is 0.00000147. The van der Waals surface area contributed by atoms with Crippen LogP contribution in [-0.2, 0) is 0 Å². The number of halogens is 2. The van der Waals surface area contributed by atoms with Crippen LogP contribution in [-0.4, -0.2) is 4.57 Å². The van der Waals surface area contributed by atoms with Crippen molar-refractivity contribution in [3.05, 3.63) is 69.3 Å². The highest BCUT2D eigenvalue weighted by molar-refractivity contribution is 9.10. The molecule has 3 rings (SSSR count). The van der Waals surface area contributed by atoms with Crippen LogP contribution in [0.5, 0.6) is 0 Å². The molecular weight excluding hydrogens is 356 g/mol. The Bertz CT molecular complexity index is 748. The zero-order valence-electron chi connectivity index (χ0n) is 10.4. The van der Waals surface area contributed by atoms with E-state index in [9.17, 15) is 0 Å². The number of thiazole rings is 1. The van der Waals surface area contributed by atoms with Gasteiger partial charge < -0.3 is 0 Å². The summed E-state index contributed by atoms with van der Waals surface area (Å²) in [4.78, 5) is 0.532. The Labute approximate surface area is 135 Å². The summed E-state index contributed by atoms with van der Waals surface area (Å²) in [5.41, 5.74) is 3.18. The third-order valence-electron chi connectivity index (χ3n) is 2.88. The number of hydrogen-bond acceptors (Lipinski definition) is 2. The predicted octanol–water partition coefficient (Wildman–Crippen LogP) is 4.87. The quantitative estimate of drug-likeness (QED) is 0.669. The van der Waals surface area contributed by atoms with E-state index in [-0.39, 0.29) is 12.4 Å². The summed E-state index contributed by atoms with van der Waals surface area (Å²) in [5.74, 6) is 0. The molecule has 0 saturated carbocycles. The van der Waals surface area contributed by atoms with E-state index in [0.29, 0.717) is 4.80 Å². The lowest BCUT2D eigenvalue weighted by Gasteiger charge is -2.08. The van der Waals surface area contributed by atoms with Crippen LogP contribution in [0.15, 0.2) is 64.5 Å². The van der Waals surface area contributed by atoms with Crippen molar-refractivity contribution in [2.75, 3.05) is 0 Å². The molecule has 1 aromatic heterocycles. The van der Waals surface area contributed by atoms with Crippen molar-refractivity contribution in [1.29, 1.82) is 5.41 Å². The van der Waals surface area contributed by atoms with Gasteiger partial charge in [-0.05, 0) is 29.8 Å². The first-order chi connectivity index (χ1) is 9.25. The first-order valence-corrected chi connectivity index (χ1v) is 7.49. The molecule has 1 heterocycles. The van der Waals surface area contributed by atoms with E-state index in [0.717, 1.165) is 21.4 Å². The normalized spacial score (nSPS) is 10.1. The molecule has 0 aliphatic heterocycles. The van der Waals surface area contributed by atoms with Crippen LogP contribution in [0.1, 0.15) is 0 Å². The van der Waals surface area contributed by atoms with Gasteiger partial charge in [0.2, 0.25) is 0 Å². The molecule has 0 amide bonds. The molecule has 0 radical (unpaired) electrons. The van der Waals surface area contributed by atoms with Crippen molar-refractivity contribution >= 4 is 39.7 Å². The maximum atomic E-state index is 8.09. The summed E-state index contributed by atoms with van der Waals surface area (Å²) in [7, 11) is 0. The molecular formula is C15H12BrClN2S. The highest BCUT2D eigenvalue weighted by Crippen LogP contribution is 2.24. The predicted molar refractivity (Wildman–Crippen MR) is 89.9 cm³/mol. The summed E-state index contributed by atoms with van der Waals surface area (Å²) in [6, 6.07) is 18.2. The van der Waals surface area contributed by atoms with E-state index in [1.54, 1.807) is 0 Å². The van der Waals surface area contributed by atoms with Crippen LogP contribution in [0, 0.1) is 5.41 Å². The third-order valence-corrected chi connectivity index (χ3v) is 4.16. The minimum absolute atomic E-state index is 0. The average molecular weight is 368 g/mol. The van der Waals surface area contributed by atoms with Crippen molar-refractivity contribution in [2.45, 2.75) is 0 Å². The molecule has 0 unspecified atom stereocenters. The Morgan fingerprint density at radius 3 is 2.25 bits per heavy atom. The molecule has 2 aromatic carbocycles. The molecule has 1 N–H and O–H groups in total. The van der Waals surface area contributed by atoms with Gasteiger partial charge in [0.15, 0.2) is 4.80 Å². The number of nitrogens with one attached hydrogen (secondary N) is 1. The van der Waals surface area contributed by atoms with Gasteiger partial charge in [-0.15, -0.1) is 23.7 Å². The summed E-state index contributed by atoms with van der Waals surface area (Å²) in [6.45, 7) is 0. The second kappa shape index (κ2) is 6.39. The first-order valence-electron chi connectivity index (χ1n) is 5.82. The lowest BCUT2D eigenvalue weighted by atomic mass is 10.1. The van der Waals surface area contributed by atoms with Gasteiger partial charge in [0.1, 0.15) is 0 Å². The molecule has 0 aliphatic carbocycles. The van der Waals surface area contributed by atoms with Crippen molar-refractivity contribution in [2.24, 2.45) is 0 Å². The topological polar surface area (TPSA) is 28.8 Å². The lowest BCUT2D eigenvalue weighted by Crippen LogP contribution is -2.11. The fraction of sp³-hybridized carbons (Fsp3) is 0. The molecule has 0 spiro atoms. The third kappa shape index (κ3) is 2.87. The van der Waals surface area contributed by atoms with Gasteiger partial charge in [-0.2, -0.15) is 0 Å². The SMILES string of the molecule is Cl.N=c1scc(-c2ccc(Br)cc2)n1-c1ccccc1. The maximum absolute atomic E-state index is 8.09. The monoisotopic (exact) mass is 366 g/mol. The molecule has 2 nitrogen and oxygen atoms in total. The number of para-hydroxylation sites is 1. The van der Waals surface area contributed by atoms with E-state index < -0.39 is 0 Å².